The van der Waals surface area contributed by atoms with Gasteiger partial charge < -0.3 is 29.4 Å². The maximum Gasteiger partial charge on any atom is 0.368 e. The van der Waals surface area contributed by atoms with Crippen molar-refractivity contribution in [1.29, 1.82) is 0 Å². The van der Waals surface area contributed by atoms with Crippen molar-refractivity contribution in [3.05, 3.63) is 132 Å². The minimum Gasteiger partial charge on any atom is -0.495 e. The fourth-order valence-electron chi connectivity index (χ4n) is 6.30. The van der Waals surface area contributed by atoms with Crippen molar-refractivity contribution >= 4 is 57.9 Å². The third-order valence-electron chi connectivity index (χ3n) is 8.88. The maximum absolute atomic E-state index is 14.6. The molecule has 5 aromatic rings. The summed E-state index contributed by atoms with van der Waals surface area (Å²) in [5, 5.41) is 15.3. The molecule has 0 bridgehead atoms. The number of ketones is 1. The fourth-order valence-corrected chi connectivity index (χ4v) is 7.00. The molecule has 282 valence electrons. The number of fused-ring (bicyclic) bond motifs is 1. The molecule has 0 amide bonds. The van der Waals surface area contributed by atoms with Crippen LogP contribution < -0.4 is 20.3 Å². The summed E-state index contributed by atoms with van der Waals surface area (Å²) in [7, 11) is 6.79. The van der Waals surface area contributed by atoms with Crippen molar-refractivity contribution in [3.63, 3.8) is 0 Å². The van der Waals surface area contributed by atoms with Crippen LogP contribution in [0.5, 0.6) is 11.5 Å². The molecule has 0 radical (unpaired) electrons. The molecule has 0 aliphatic carbocycles. The van der Waals surface area contributed by atoms with Gasteiger partial charge in [-0.1, -0.05) is 52.5 Å². The molecule has 55 heavy (non-hydrogen) atoms. The second-order valence-corrected chi connectivity index (χ2v) is 14.2. The van der Waals surface area contributed by atoms with Gasteiger partial charge in [-0.25, -0.2) is 4.98 Å². The van der Waals surface area contributed by atoms with Crippen molar-refractivity contribution in [2.75, 3.05) is 46.7 Å². The number of carbonyl (C=O) groups excluding carboxylic acids is 1. The summed E-state index contributed by atoms with van der Waals surface area (Å²) in [5.41, 5.74) is 3.18. The van der Waals surface area contributed by atoms with Crippen LogP contribution in [0.25, 0.3) is 22.2 Å². The van der Waals surface area contributed by atoms with Crippen LogP contribution in [0, 0.1) is 10.1 Å². The Balaban J connectivity index is 1.31. The van der Waals surface area contributed by atoms with E-state index in [9.17, 15) is 19.7 Å². The van der Waals surface area contributed by atoms with Crippen LogP contribution in [0.3, 0.4) is 0 Å². The number of nitrogens with zero attached hydrogens (tertiary/aromatic N) is 7. The number of methoxy groups -OCH3 is 2. The van der Waals surface area contributed by atoms with E-state index in [1.165, 1.54) is 24.9 Å². The largest absolute Gasteiger partial charge is 0.495 e. The van der Waals surface area contributed by atoms with Gasteiger partial charge in [-0.15, -0.1) is 0 Å². The highest BCUT2D eigenvalue weighted by atomic mass is 35.5. The number of quaternary nitrogens is 1. The van der Waals surface area contributed by atoms with E-state index in [1.54, 1.807) is 55.1 Å². The number of likely N-dealkylation sites (N-methyl/N-ethyl adjacent to an activating group) is 1. The van der Waals surface area contributed by atoms with Gasteiger partial charge in [0.15, 0.2) is 5.78 Å². The van der Waals surface area contributed by atoms with E-state index < -0.39 is 10.5 Å². The molecule has 1 aliphatic heterocycles. The van der Waals surface area contributed by atoms with Crippen LogP contribution in [0.4, 0.5) is 11.6 Å². The molecule has 0 unspecified atom stereocenters. The van der Waals surface area contributed by atoms with Gasteiger partial charge in [0.25, 0.3) is 5.56 Å². The molecule has 0 saturated heterocycles. The smallest absolute Gasteiger partial charge is 0.368 e. The number of halogens is 2. The van der Waals surface area contributed by atoms with Crippen LogP contribution in [0.1, 0.15) is 17.5 Å². The number of nitro groups is 1. The summed E-state index contributed by atoms with van der Waals surface area (Å²) in [5.74, 6) is 0.590. The second kappa shape index (κ2) is 16.6. The van der Waals surface area contributed by atoms with E-state index in [0.717, 1.165) is 11.1 Å². The first-order chi connectivity index (χ1) is 26.4. The summed E-state index contributed by atoms with van der Waals surface area (Å²) in [6, 6.07) is 14.1. The number of hydrogen-bond donors (Lipinski definition) is 1. The van der Waals surface area contributed by atoms with Gasteiger partial charge in [0, 0.05) is 54.1 Å². The number of nitrogens with one attached hydrogen (secondary N) is 1. The fraction of sp³-hybridized carbons (Fsp3) is 0.231. The molecular weight excluding hydrogens is 747 g/mol. The van der Waals surface area contributed by atoms with E-state index in [-0.39, 0.29) is 63.2 Å². The number of aromatic nitrogens is 4. The summed E-state index contributed by atoms with van der Waals surface area (Å²) in [4.78, 5) is 55.7. The zero-order valence-corrected chi connectivity index (χ0v) is 32.0. The summed E-state index contributed by atoms with van der Waals surface area (Å²) in [6.07, 6.45) is 10.3. The number of rotatable bonds is 15. The topological polar surface area (TPSA) is 164 Å². The van der Waals surface area contributed by atoms with E-state index in [1.807, 2.05) is 38.4 Å². The zero-order valence-electron chi connectivity index (χ0n) is 30.5. The molecular formula is C39H37Cl2N8O6+. The monoisotopic (exact) mass is 783 g/mol. The highest BCUT2D eigenvalue weighted by Crippen LogP contribution is 2.45. The van der Waals surface area contributed by atoms with Gasteiger partial charge in [0.2, 0.25) is 5.95 Å². The molecule has 1 N–H and O–H groups in total. The van der Waals surface area contributed by atoms with Crippen LogP contribution in [0.2, 0.25) is 10.0 Å². The molecule has 14 nitrogen and oxygen atoms in total. The molecule has 0 atom stereocenters. The first-order valence-corrected chi connectivity index (χ1v) is 17.8. The van der Waals surface area contributed by atoms with Gasteiger partial charge in [-0.05, 0) is 46.4 Å². The summed E-state index contributed by atoms with van der Waals surface area (Å²) >= 11 is 13.6. The predicted molar refractivity (Wildman–Crippen MR) is 212 cm³/mol. The zero-order chi connectivity index (χ0) is 39.3. The third-order valence-corrected chi connectivity index (χ3v) is 9.63. The Morgan fingerprint density at radius 3 is 2.45 bits per heavy atom. The maximum atomic E-state index is 14.6. The molecule has 6 rings (SSSR count). The molecule has 3 aromatic heterocycles. The molecule has 0 fully saturated rings. The Hall–Kier alpha value is -5.96. The molecule has 0 spiro atoms. The van der Waals surface area contributed by atoms with Gasteiger partial charge in [0.1, 0.15) is 29.9 Å². The summed E-state index contributed by atoms with van der Waals surface area (Å²) < 4.78 is 12.9. The van der Waals surface area contributed by atoms with Gasteiger partial charge in [0.05, 0.1) is 62.6 Å². The molecule has 1 aliphatic rings. The third kappa shape index (κ3) is 8.89. The number of hydrogen-bond acceptors (Lipinski definition) is 11. The lowest BCUT2D eigenvalue weighted by atomic mass is 10.0. The van der Waals surface area contributed by atoms with Crippen molar-refractivity contribution < 1.29 is 23.7 Å². The van der Waals surface area contributed by atoms with Crippen molar-refractivity contribution in [1.82, 2.24) is 19.5 Å². The Morgan fingerprint density at radius 2 is 1.76 bits per heavy atom. The number of anilines is 2. The van der Waals surface area contributed by atoms with Gasteiger partial charge >= 0.3 is 5.82 Å². The molecule has 4 heterocycles. The Kier molecular flexibility index (Phi) is 11.7. The van der Waals surface area contributed by atoms with Crippen LogP contribution >= 0.6 is 23.2 Å². The van der Waals surface area contributed by atoms with Crippen molar-refractivity contribution in [3.8, 4) is 22.6 Å². The standard InChI is InChI=1S/C39H36Cl2N8O6/c1-49(2,23-26-10-15-43-36(26)48(52)53)16-6-9-29(50)18-24-7-5-8-25(17-24)22-47-37-27(21-44-39(46-37)45-28-11-13-42-14-12-28)19-30(38(47)51)33-34(40)31(54-3)20-32(55-4)35(33)41/h5-9,11-15,17,19-21H,10,16,18,22-23H2,1-4H3/p+1/b9-6+. The minimum absolute atomic E-state index is 0.0838. The average Bonchev–Trinajstić information content (AvgIpc) is 3.62. The van der Waals surface area contributed by atoms with E-state index in [4.69, 9.17) is 37.7 Å². The molecule has 2 aromatic carbocycles. The summed E-state index contributed by atoms with van der Waals surface area (Å²) in [6.45, 7) is 1.00. The number of carbonyl (C=O) groups is 1. The number of allylic oxidation sites excluding steroid dienone is 1. The quantitative estimate of drug-likeness (QED) is 0.0525. The lowest BCUT2D eigenvalue weighted by Gasteiger charge is -2.28. The normalized spacial score (nSPS) is 12.8. The SMILES string of the molecule is COc1cc(OC)c(Cl)c(-c2cc3cnc(Nc4ccncc4)nc3n(Cc3cccc(CC(=O)/C=C/C[N+](C)(C)CC4=C([N+](=O)[O-])N=CC4)c3)c2=O)c1Cl. The van der Waals surface area contributed by atoms with Crippen molar-refractivity contribution in [2.24, 2.45) is 4.99 Å². The first kappa shape index (κ1) is 38.8. The Labute approximate surface area is 326 Å². The lowest BCUT2D eigenvalue weighted by Crippen LogP contribution is -2.41. The highest BCUT2D eigenvalue weighted by molar-refractivity contribution is 6.41. The highest BCUT2D eigenvalue weighted by Gasteiger charge is 2.28. The van der Waals surface area contributed by atoms with Crippen LogP contribution in [-0.2, 0) is 17.8 Å². The number of ether oxygens (including phenoxy) is 2. The van der Waals surface area contributed by atoms with E-state index in [2.05, 4.69) is 20.3 Å². The number of benzene rings is 2. The number of pyridine rings is 2. The van der Waals surface area contributed by atoms with E-state index in [0.29, 0.717) is 46.3 Å². The van der Waals surface area contributed by atoms with Crippen LogP contribution in [-0.4, -0.2) is 82.3 Å². The van der Waals surface area contributed by atoms with Gasteiger partial charge in [-0.2, -0.15) is 4.98 Å². The number of aliphatic imine (C=N–C) groups is 1. The molecule has 16 heteroatoms. The molecule has 0 saturated carbocycles. The van der Waals surface area contributed by atoms with Crippen molar-refractivity contribution in [2.45, 2.75) is 19.4 Å². The minimum atomic E-state index is -0.461. The predicted octanol–water partition coefficient (Wildman–Crippen LogP) is 6.68. The Bertz CT molecular complexity index is 2420. The van der Waals surface area contributed by atoms with E-state index >= 15 is 0 Å². The average molecular weight is 785 g/mol. The lowest BCUT2D eigenvalue weighted by molar-refractivity contribution is -0.880. The van der Waals surface area contributed by atoms with Gasteiger partial charge in [-0.3, -0.25) is 19.1 Å². The Morgan fingerprint density at radius 1 is 1.05 bits per heavy atom. The second-order valence-electron chi connectivity index (χ2n) is 13.4. The van der Waals surface area contributed by atoms with Crippen LogP contribution in [0.15, 0.2) is 100 Å². The first-order valence-electron chi connectivity index (χ1n) is 17.0.